The molecule has 1 aromatic carbocycles. The summed E-state index contributed by atoms with van der Waals surface area (Å²) in [5, 5.41) is 9.22. The van der Waals surface area contributed by atoms with E-state index >= 15 is 0 Å². The summed E-state index contributed by atoms with van der Waals surface area (Å²) in [6.45, 7) is 4.20. The van der Waals surface area contributed by atoms with Gasteiger partial charge in [0.05, 0.1) is 5.41 Å². The van der Waals surface area contributed by atoms with Crippen LogP contribution >= 0.6 is 0 Å². The molecule has 1 atom stereocenters. The number of hydrogen-bond donors (Lipinski definition) is 1. The summed E-state index contributed by atoms with van der Waals surface area (Å²) in [5.41, 5.74) is 2.42. The van der Waals surface area contributed by atoms with Gasteiger partial charge in [0.15, 0.2) is 0 Å². The van der Waals surface area contributed by atoms with Gasteiger partial charge in [0.1, 0.15) is 5.69 Å². The molecule has 0 radical (unpaired) electrons. The quantitative estimate of drug-likeness (QED) is 0.778. The summed E-state index contributed by atoms with van der Waals surface area (Å²) >= 11 is 0. The number of rotatable bonds is 6. The molecule has 1 amide bonds. The monoisotopic (exact) mass is 379 g/mol. The molecule has 1 saturated heterocycles. The summed E-state index contributed by atoms with van der Waals surface area (Å²) in [4.78, 5) is 32.8. The maximum absolute atomic E-state index is 13.5. The van der Waals surface area contributed by atoms with Crippen LogP contribution in [-0.4, -0.2) is 41.6 Å². The molecule has 1 aromatic heterocycles. The first kappa shape index (κ1) is 18.5. The molecule has 6 heteroatoms. The molecule has 4 rings (SSSR count). The Bertz CT molecular complexity index is 913. The summed E-state index contributed by atoms with van der Waals surface area (Å²) in [6, 6.07) is 11.5. The molecular formula is C22H25N3O3. The van der Waals surface area contributed by atoms with Crippen molar-refractivity contribution in [1.29, 1.82) is 0 Å². The summed E-state index contributed by atoms with van der Waals surface area (Å²) in [7, 11) is 0. The first-order chi connectivity index (χ1) is 13.6. The average molecular weight is 379 g/mol. The van der Waals surface area contributed by atoms with Gasteiger partial charge in [-0.25, -0.2) is 9.78 Å². The fourth-order valence-corrected chi connectivity index (χ4v) is 4.50. The Morgan fingerprint density at radius 2 is 2.07 bits per heavy atom. The van der Waals surface area contributed by atoms with Gasteiger partial charge in [-0.15, -0.1) is 0 Å². The van der Waals surface area contributed by atoms with Crippen molar-refractivity contribution in [1.82, 2.24) is 4.98 Å². The Balaban J connectivity index is 1.64. The first-order valence-electron chi connectivity index (χ1n) is 9.92. The van der Waals surface area contributed by atoms with Crippen molar-refractivity contribution in [3.05, 3.63) is 53.9 Å². The molecule has 2 aliphatic heterocycles. The van der Waals surface area contributed by atoms with E-state index < -0.39 is 11.4 Å². The van der Waals surface area contributed by atoms with Crippen molar-refractivity contribution in [2.45, 2.75) is 38.0 Å². The minimum absolute atomic E-state index is 0.0257. The molecule has 1 spiro atoms. The number of carboxylic acids is 1. The standard InChI is InChI=1S/C22H25N3O3/c1-2-3-6-12-25-19-8-5-4-7-17(19)22(21(25)28)10-13-24(15-22)16-9-11-23-18(14-16)20(26)27/h4-5,7-9,11,14H,2-3,6,10,12-13,15H2,1H3,(H,26,27). The normalized spacial score (nSPS) is 20.8. The number of aromatic carboxylic acids is 1. The van der Waals surface area contributed by atoms with E-state index in [4.69, 9.17) is 0 Å². The molecule has 0 saturated carbocycles. The van der Waals surface area contributed by atoms with E-state index in [-0.39, 0.29) is 11.6 Å². The number of fused-ring (bicyclic) bond motifs is 2. The number of hydrogen-bond acceptors (Lipinski definition) is 4. The third-order valence-electron chi connectivity index (χ3n) is 5.95. The Labute approximate surface area is 164 Å². The van der Waals surface area contributed by atoms with Crippen LogP contribution in [0.25, 0.3) is 0 Å². The molecule has 2 aromatic rings. The Morgan fingerprint density at radius 1 is 1.25 bits per heavy atom. The molecule has 2 aliphatic rings. The van der Waals surface area contributed by atoms with Crippen molar-refractivity contribution in [3.8, 4) is 0 Å². The lowest BCUT2D eigenvalue weighted by atomic mass is 9.81. The van der Waals surface area contributed by atoms with Crippen LogP contribution in [0, 0.1) is 0 Å². The molecule has 1 unspecified atom stereocenters. The van der Waals surface area contributed by atoms with Crippen LogP contribution in [0.15, 0.2) is 42.6 Å². The van der Waals surface area contributed by atoms with Crippen molar-refractivity contribution in [3.63, 3.8) is 0 Å². The van der Waals surface area contributed by atoms with E-state index in [1.54, 1.807) is 6.07 Å². The molecule has 1 N–H and O–H groups in total. The van der Waals surface area contributed by atoms with Crippen LogP contribution in [0.5, 0.6) is 0 Å². The number of pyridine rings is 1. The fraction of sp³-hybridized carbons (Fsp3) is 0.409. The maximum Gasteiger partial charge on any atom is 0.354 e. The second-order valence-corrected chi connectivity index (χ2v) is 7.64. The van der Waals surface area contributed by atoms with Crippen molar-refractivity contribution >= 4 is 23.3 Å². The summed E-state index contributed by atoms with van der Waals surface area (Å²) < 4.78 is 0. The predicted octanol–water partition coefficient (Wildman–Crippen LogP) is 3.46. The number of unbranched alkanes of at least 4 members (excludes halogenated alkanes) is 2. The largest absolute Gasteiger partial charge is 0.477 e. The second-order valence-electron chi connectivity index (χ2n) is 7.64. The van der Waals surface area contributed by atoms with Gasteiger partial charge in [0.25, 0.3) is 0 Å². The Kier molecular flexibility index (Phi) is 4.79. The average Bonchev–Trinajstić information content (AvgIpc) is 3.26. The SMILES string of the molecule is CCCCCN1C(=O)C2(CCN(c3ccnc(C(=O)O)c3)C2)c2ccccc21. The van der Waals surface area contributed by atoms with Gasteiger partial charge in [0, 0.05) is 37.2 Å². The van der Waals surface area contributed by atoms with Gasteiger partial charge in [-0.2, -0.15) is 0 Å². The summed E-state index contributed by atoms with van der Waals surface area (Å²) in [5.74, 6) is -0.861. The molecule has 1 fully saturated rings. The van der Waals surface area contributed by atoms with Crippen molar-refractivity contribution in [2.24, 2.45) is 0 Å². The smallest absolute Gasteiger partial charge is 0.354 e. The van der Waals surface area contributed by atoms with Gasteiger partial charge < -0.3 is 14.9 Å². The van der Waals surface area contributed by atoms with E-state index in [0.717, 1.165) is 49.2 Å². The van der Waals surface area contributed by atoms with E-state index in [1.165, 1.54) is 6.20 Å². The van der Waals surface area contributed by atoms with E-state index in [9.17, 15) is 14.7 Å². The number of nitrogens with zero attached hydrogens (tertiary/aromatic N) is 3. The molecular weight excluding hydrogens is 354 g/mol. The number of carbonyl (C=O) groups is 2. The predicted molar refractivity (Wildman–Crippen MR) is 108 cm³/mol. The van der Waals surface area contributed by atoms with Crippen LogP contribution in [0.2, 0.25) is 0 Å². The highest BCUT2D eigenvalue weighted by Crippen LogP contribution is 2.48. The number of amides is 1. The number of benzene rings is 1. The van der Waals surface area contributed by atoms with Gasteiger partial charge in [0.2, 0.25) is 5.91 Å². The number of carboxylic acid groups (broad SMARTS) is 1. The molecule has 6 nitrogen and oxygen atoms in total. The highest BCUT2D eigenvalue weighted by molar-refractivity contribution is 6.09. The first-order valence-corrected chi connectivity index (χ1v) is 9.92. The van der Waals surface area contributed by atoms with Crippen molar-refractivity contribution < 1.29 is 14.7 Å². The minimum atomic E-state index is -1.04. The number of aromatic nitrogens is 1. The zero-order valence-corrected chi connectivity index (χ0v) is 16.1. The molecule has 28 heavy (non-hydrogen) atoms. The van der Waals surface area contributed by atoms with Crippen LogP contribution < -0.4 is 9.80 Å². The zero-order valence-electron chi connectivity index (χ0n) is 16.1. The van der Waals surface area contributed by atoms with Crippen LogP contribution in [0.4, 0.5) is 11.4 Å². The van der Waals surface area contributed by atoms with Gasteiger partial charge in [-0.3, -0.25) is 4.79 Å². The van der Waals surface area contributed by atoms with Crippen molar-refractivity contribution in [2.75, 3.05) is 29.4 Å². The van der Waals surface area contributed by atoms with Gasteiger partial charge >= 0.3 is 5.97 Å². The van der Waals surface area contributed by atoms with Crippen LogP contribution in [-0.2, 0) is 10.2 Å². The van der Waals surface area contributed by atoms with E-state index in [0.29, 0.717) is 13.1 Å². The number of carbonyl (C=O) groups excluding carboxylic acids is 1. The van der Waals surface area contributed by atoms with Gasteiger partial charge in [-0.05, 0) is 36.6 Å². The highest BCUT2D eigenvalue weighted by Gasteiger charge is 2.54. The second kappa shape index (κ2) is 7.26. The molecule has 0 bridgehead atoms. The lowest BCUT2D eigenvalue weighted by molar-refractivity contribution is -0.122. The van der Waals surface area contributed by atoms with Gasteiger partial charge in [-0.1, -0.05) is 38.0 Å². The molecule has 0 aliphatic carbocycles. The van der Waals surface area contributed by atoms with E-state index in [1.807, 2.05) is 29.2 Å². The third kappa shape index (κ3) is 2.93. The van der Waals surface area contributed by atoms with Crippen LogP contribution in [0.3, 0.4) is 0 Å². The lowest BCUT2D eigenvalue weighted by Crippen LogP contribution is -2.42. The fourth-order valence-electron chi connectivity index (χ4n) is 4.50. The lowest BCUT2D eigenvalue weighted by Gasteiger charge is -2.25. The minimum Gasteiger partial charge on any atom is -0.477 e. The molecule has 3 heterocycles. The topological polar surface area (TPSA) is 73.7 Å². The zero-order chi connectivity index (χ0) is 19.7. The Hall–Kier alpha value is -2.89. The highest BCUT2D eigenvalue weighted by atomic mass is 16.4. The van der Waals surface area contributed by atoms with Crippen LogP contribution in [0.1, 0.15) is 48.7 Å². The summed E-state index contributed by atoms with van der Waals surface area (Å²) in [6.07, 6.45) is 5.49. The third-order valence-corrected chi connectivity index (χ3v) is 5.95. The number of para-hydroxylation sites is 1. The number of anilines is 2. The van der Waals surface area contributed by atoms with E-state index in [2.05, 4.69) is 22.9 Å². The molecule has 146 valence electrons. The maximum atomic E-state index is 13.5. The Morgan fingerprint density at radius 3 is 2.86 bits per heavy atom.